The second-order valence-corrected chi connectivity index (χ2v) is 9.13. The van der Waals surface area contributed by atoms with Crippen LogP contribution in [-0.2, 0) is 9.57 Å². The highest BCUT2D eigenvalue weighted by Crippen LogP contribution is 2.38. The van der Waals surface area contributed by atoms with Gasteiger partial charge in [-0.15, -0.1) is 0 Å². The fourth-order valence-electron chi connectivity index (χ4n) is 5.01. The van der Waals surface area contributed by atoms with Crippen molar-refractivity contribution in [1.82, 2.24) is 5.48 Å². The number of hydrogen-bond acceptors (Lipinski definition) is 5. The Morgan fingerprint density at radius 1 is 1.00 bits per heavy atom. The van der Waals surface area contributed by atoms with Crippen LogP contribution in [0.25, 0.3) is 5.70 Å². The zero-order valence-corrected chi connectivity index (χ0v) is 17.3. The van der Waals surface area contributed by atoms with Gasteiger partial charge in [-0.3, -0.25) is 10.3 Å². The van der Waals surface area contributed by atoms with E-state index in [1.807, 2.05) is 0 Å². The molecule has 2 heterocycles. The summed E-state index contributed by atoms with van der Waals surface area (Å²) in [5.41, 5.74) is 4.86. The minimum Gasteiger partial charge on any atom is -0.489 e. The van der Waals surface area contributed by atoms with Crippen LogP contribution in [0, 0.1) is 5.92 Å². The second kappa shape index (κ2) is 8.57. The molecule has 1 spiro atoms. The molecule has 2 aliphatic heterocycles. The van der Waals surface area contributed by atoms with Gasteiger partial charge in [0.15, 0.2) is 11.5 Å². The summed E-state index contributed by atoms with van der Waals surface area (Å²) in [6.07, 6.45) is 14.8. The highest BCUT2D eigenvalue weighted by molar-refractivity contribution is 5.68. The molecule has 3 fully saturated rings. The van der Waals surface area contributed by atoms with Crippen LogP contribution in [0.2, 0.25) is 0 Å². The molecular formula is C24H33NO4. The van der Waals surface area contributed by atoms with Crippen LogP contribution in [-0.4, -0.2) is 31.5 Å². The first-order valence-electron chi connectivity index (χ1n) is 11.5. The van der Waals surface area contributed by atoms with Gasteiger partial charge in [0.25, 0.3) is 0 Å². The van der Waals surface area contributed by atoms with Gasteiger partial charge in [0.05, 0.1) is 25.0 Å². The molecule has 2 saturated carbocycles. The quantitative estimate of drug-likeness (QED) is 0.729. The molecule has 1 aromatic rings. The Morgan fingerprint density at radius 2 is 1.83 bits per heavy atom. The Kier molecular flexibility index (Phi) is 5.69. The largest absolute Gasteiger partial charge is 0.489 e. The fourth-order valence-corrected chi connectivity index (χ4v) is 5.01. The third-order valence-electron chi connectivity index (χ3n) is 6.84. The molecule has 1 N–H and O–H groups in total. The lowest BCUT2D eigenvalue weighted by Gasteiger charge is -2.23. The highest BCUT2D eigenvalue weighted by atomic mass is 16.7. The van der Waals surface area contributed by atoms with Gasteiger partial charge in [0.2, 0.25) is 0 Å². The number of nitrogens with one attached hydrogen (secondary N) is 1. The molecule has 0 amide bonds. The molecule has 1 saturated heterocycles. The topological polar surface area (TPSA) is 49.0 Å². The lowest BCUT2D eigenvalue weighted by atomic mass is 9.90. The van der Waals surface area contributed by atoms with Gasteiger partial charge >= 0.3 is 0 Å². The monoisotopic (exact) mass is 399 g/mol. The van der Waals surface area contributed by atoms with E-state index < -0.39 is 0 Å². The molecule has 1 atom stereocenters. The standard InChI is InChI=1S/C24H33NO4/c1-2-6-18(7-3-1)16-27-22-11-10-19(14-23(22)28-20-8-4-5-9-20)21-15-24(29-25-21)12-13-26-17-24/h10-11,14-15,18,20,25H,1-9,12-13,16-17H2. The Labute approximate surface area is 173 Å². The van der Waals surface area contributed by atoms with Crippen LogP contribution in [0.1, 0.15) is 69.8 Å². The summed E-state index contributed by atoms with van der Waals surface area (Å²) in [7, 11) is 0. The van der Waals surface area contributed by atoms with Crippen LogP contribution in [0.4, 0.5) is 0 Å². The van der Waals surface area contributed by atoms with Gasteiger partial charge < -0.3 is 14.2 Å². The van der Waals surface area contributed by atoms with Crippen molar-refractivity contribution in [2.24, 2.45) is 5.92 Å². The Bertz CT molecular complexity index is 728. The van der Waals surface area contributed by atoms with Crippen LogP contribution in [0.5, 0.6) is 11.5 Å². The molecular weight excluding hydrogens is 366 g/mol. The first-order chi connectivity index (χ1) is 14.3. The van der Waals surface area contributed by atoms with E-state index in [4.69, 9.17) is 19.0 Å². The molecule has 0 aromatic heterocycles. The van der Waals surface area contributed by atoms with E-state index >= 15 is 0 Å². The average molecular weight is 400 g/mol. The lowest BCUT2D eigenvalue weighted by molar-refractivity contribution is -0.0373. The second-order valence-electron chi connectivity index (χ2n) is 9.13. The summed E-state index contributed by atoms with van der Waals surface area (Å²) in [5, 5.41) is 0. The van der Waals surface area contributed by atoms with Crippen LogP contribution >= 0.6 is 0 Å². The Morgan fingerprint density at radius 3 is 2.62 bits per heavy atom. The van der Waals surface area contributed by atoms with Gasteiger partial charge in [-0.05, 0) is 68.7 Å². The molecule has 1 unspecified atom stereocenters. The van der Waals surface area contributed by atoms with E-state index in [2.05, 4.69) is 29.8 Å². The normalized spacial score (nSPS) is 27.9. The van der Waals surface area contributed by atoms with E-state index in [0.29, 0.717) is 18.6 Å². The van der Waals surface area contributed by atoms with E-state index in [-0.39, 0.29) is 5.60 Å². The predicted octanol–water partition coefficient (Wildman–Crippen LogP) is 5.00. The Hall–Kier alpha value is -1.72. The van der Waals surface area contributed by atoms with Gasteiger partial charge in [-0.25, -0.2) is 0 Å². The first-order valence-corrected chi connectivity index (χ1v) is 11.5. The molecule has 5 heteroatoms. The number of hydrogen-bond donors (Lipinski definition) is 1. The van der Waals surface area contributed by atoms with Gasteiger partial charge in [-0.2, -0.15) is 0 Å². The summed E-state index contributed by atoms with van der Waals surface area (Å²) in [6, 6.07) is 6.29. The van der Waals surface area contributed by atoms with Crippen molar-refractivity contribution in [1.29, 1.82) is 0 Å². The maximum absolute atomic E-state index is 6.42. The molecule has 5 nitrogen and oxygen atoms in total. The van der Waals surface area contributed by atoms with Crippen molar-refractivity contribution >= 4 is 5.70 Å². The van der Waals surface area contributed by atoms with Gasteiger partial charge in [0, 0.05) is 18.6 Å². The number of benzene rings is 1. The first kappa shape index (κ1) is 19.3. The summed E-state index contributed by atoms with van der Waals surface area (Å²) >= 11 is 0. The van der Waals surface area contributed by atoms with Crippen molar-refractivity contribution in [2.45, 2.75) is 75.9 Å². The van der Waals surface area contributed by atoms with E-state index in [1.165, 1.54) is 44.9 Å². The average Bonchev–Trinajstić information content (AvgIpc) is 3.52. The summed E-state index contributed by atoms with van der Waals surface area (Å²) < 4.78 is 18.2. The SMILES string of the molecule is C1=C(c2ccc(OCC3CCCCC3)c(OC3CCCC3)c2)NOC12CCOC2. The van der Waals surface area contributed by atoms with Crippen LogP contribution in [0.15, 0.2) is 24.3 Å². The van der Waals surface area contributed by atoms with Crippen LogP contribution in [0.3, 0.4) is 0 Å². The zero-order chi connectivity index (χ0) is 19.5. The molecule has 0 bridgehead atoms. The lowest BCUT2D eigenvalue weighted by Crippen LogP contribution is -2.29. The number of ether oxygens (including phenoxy) is 3. The van der Waals surface area contributed by atoms with Crippen molar-refractivity contribution in [3.05, 3.63) is 29.8 Å². The molecule has 5 rings (SSSR count). The van der Waals surface area contributed by atoms with E-state index in [9.17, 15) is 0 Å². The minimum atomic E-state index is -0.321. The van der Waals surface area contributed by atoms with Crippen molar-refractivity contribution in [3.63, 3.8) is 0 Å². The molecule has 1 aromatic carbocycles. The third kappa shape index (κ3) is 4.41. The molecule has 29 heavy (non-hydrogen) atoms. The maximum atomic E-state index is 6.42. The minimum absolute atomic E-state index is 0.304. The van der Waals surface area contributed by atoms with Crippen LogP contribution < -0.4 is 15.0 Å². The predicted molar refractivity (Wildman–Crippen MR) is 112 cm³/mol. The number of rotatable bonds is 6. The third-order valence-corrected chi connectivity index (χ3v) is 6.84. The summed E-state index contributed by atoms with van der Waals surface area (Å²) in [6.45, 7) is 2.15. The summed E-state index contributed by atoms with van der Waals surface area (Å²) in [5.74, 6) is 2.43. The van der Waals surface area contributed by atoms with Gasteiger partial charge in [0.1, 0.15) is 5.60 Å². The van der Waals surface area contributed by atoms with Crippen molar-refractivity contribution in [2.75, 3.05) is 19.8 Å². The molecule has 0 radical (unpaired) electrons. The smallest absolute Gasteiger partial charge is 0.162 e. The maximum Gasteiger partial charge on any atom is 0.162 e. The van der Waals surface area contributed by atoms with Gasteiger partial charge in [-0.1, -0.05) is 19.3 Å². The van der Waals surface area contributed by atoms with Crippen molar-refractivity contribution < 1.29 is 19.0 Å². The molecule has 158 valence electrons. The zero-order valence-electron chi connectivity index (χ0n) is 17.3. The highest BCUT2D eigenvalue weighted by Gasteiger charge is 2.39. The molecule has 4 aliphatic rings. The summed E-state index contributed by atoms with van der Waals surface area (Å²) in [4.78, 5) is 5.86. The number of hydroxylamine groups is 1. The Balaban J connectivity index is 1.34. The van der Waals surface area contributed by atoms with E-state index in [0.717, 1.165) is 55.2 Å². The fraction of sp³-hybridized carbons (Fsp3) is 0.667. The van der Waals surface area contributed by atoms with Crippen molar-refractivity contribution in [3.8, 4) is 11.5 Å². The van der Waals surface area contributed by atoms with E-state index in [1.54, 1.807) is 0 Å². The molecule has 2 aliphatic carbocycles.